The summed E-state index contributed by atoms with van der Waals surface area (Å²) in [6.07, 6.45) is 2.39. The van der Waals surface area contributed by atoms with Gasteiger partial charge in [-0.2, -0.15) is 4.98 Å². The minimum absolute atomic E-state index is 0.494. The van der Waals surface area contributed by atoms with Crippen LogP contribution in [0, 0.1) is 13.8 Å². The van der Waals surface area contributed by atoms with Crippen molar-refractivity contribution >= 4 is 0 Å². The Hall–Kier alpha value is -1.92. The van der Waals surface area contributed by atoms with E-state index >= 15 is 0 Å². The number of hydrogen-bond donors (Lipinski definition) is 1. The molecule has 0 unspecified atom stereocenters. The summed E-state index contributed by atoms with van der Waals surface area (Å²) >= 11 is 0. The van der Waals surface area contributed by atoms with Gasteiger partial charge in [0.1, 0.15) is 12.4 Å². The molecule has 6 nitrogen and oxygen atoms in total. The van der Waals surface area contributed by atoms with Gasteiger partial charge in [-0.15, -0.1) is 0 Å². The number of rotatable bonds is 7. The highest BCUT2D eigenvalue weighted by Crippen LogP contribution is 2.13. The zero-order chi connectivity index (χ0) is 16.8. The van der Waals surface area contributed by atoms with Crippen LogP contribution in [0.2, 0.25) is 0 Å². The molecule has 1 aliphatic heterocycles. The van der Waals surface area contributed by atoms with Gasteiger partial charge in [-0.3, -0.25) is 4.90 Å². The van der Waals surface area contributed by atoms with Gasteiger partial charge in [0.15, 0.2) is 5.82 Å². The number of aryl methyl sites for hydroxylation is 2. The van der Waals surface area contributed by atoms with Crippen molar-refractivity contribution in [3.8, 4) is 5.75 Å². The van der Waals surface area contributed by atoms with Crippen molar-refractivity contribution in [2.75, 3.05) is 26.2 Å². The SMILES string of the molecule is Cc1ccc(OCCN[C@@H]2CCCN(Cc3noc(C)n3)C2)cc1. The third-order valence-electron chi connectivity index (χ3n) is 4.26. The molecule has 1 atom stereocenters. The molecule has 1 aliphatic rings. The van der Waals surface area contributed by atoms with Crippen LogP contribution in [0.5, 0.6) is 5.75 Å². The average molecular weight is 330 g/mol. The molecule has 0 amide bonds. The van der Waals surface area contributed by atoms with Gasteiger partial charge in [-0.05, 0) is 38.4 Å². The molecule has 0 saturated carbocycles. The highest BCUT2D eigenvalue weighted by Gasteiger charge is 2.20. The van der Waals surface area contributed by atoms with E-state index in [0.717, 1.165) is 37.8 Å². The van der Waals surface area contributed by atoms with Gasteiger partial charge in [0.2, 0.25) is 5.89 Å². The molecule has 0 radical (unpaired) electrons. The second-order valence-electron chi connectivity index (χ2n) is 6.42. The molecule has 0 bridgehead atoms. The lowest BCUT2D eigenvalue weighted by molar-refractivity contribution is 0.173. The lowest BCUT2D eigenvalue weighted by Gasteiger charge is -2.32. The predicted octanol–water partition coefficient (Wildman–Crippen LogP) is 2.32. The number of ether oxygens (including phenoxy) is 1. The maximum absolute atomic E-state index is 5.77. The molecule has 1 saturated heterocycles. The van der Waals surface area contributed by atoms with Crippen molar-refractivity contribution in [1.29, 1.82) is 0 Å². The third-order valence-corrected chi connectivity index (χ3v) is 4.26. The molecule has 2 aromatic rings. The van der Waals surface area contributed by atoms with Crippen LogP contribution >= 0.6 is 0 Å². The number of hydrogen-bond acceptors (Lipinski definition) is 6. The van der Waals surface area contributed by atoms with Crippen molar-refractivity contribution in [1.82, 2.24) is 20.4 Å². The summed E-state index contributed by atoms with van der Waals surface area (Å²) in [7, 11) is 0. The summed E-state index contributed by atoms with van der Waals surface area (Å²) in [6.45, 7) is 8.30. The zero-order valence-corrected chi connectivity index (χ0v) is 14.5. The van der Waals surface area contributed by atoms with Gasteiger partial charge in [0.05, 0.1) is 6.54 Å². The fourth-order valence-electron chi connectivity index (χ4n) is 3.04. The van der Waals surface area contributed by atoms with E-state index < -0.39 is 0 Å². The average Bonchev–Trinajstić information content (AvgIpc) is 2.98. The predicted molar refractivity (Wildman–Crippen MR) is 92.0 cm³/mol. The Bertz CT molecular complexity index is 626. The lowest BCUT2D eigenvalue weighted by atomic mass is 10.1. The molecule has 130 valence electrons. The Balaban J connectivity index is 1.36. The smallest absolute Gasteiger partial charge is 0.223 e. The molecule has 1 fully saturated rings. The molecule has 24 heavy (non-hydrogen) atoms. The van der Waals surface area contributed by atoms with E-state index in [1.807, 2.05) is 19.1 Å². The largest absolute Gasteiger partial charge is 0.492 e. The quantitative estimate of drug-likeness (QED) is 0.786. The Morgan fingerprint density at radius 3 is 2.88 bits per heavy atom. The summed E-state index contributed by atoms with van der Waals surface area (Å²) in [4.78, 5) is 6.67. The van der Waals surface area contributed by atoms with Crippen LogP contribution in [-0.2, 0) is 6.54 Å². The first kappa shape index (κ1) is 16.9. The molecule has 1 aromatic heterocycles. The van der Waals surface area contributed by atoms with Crippen LogP contribution in [0.3, 0.4) is 0 Å². The van der Waals surface area contributed by atoms with Crippen LogP contribution in [0.4, 0.5) is 0 Å². The molecule has 2 heterocycles. The maximum Gasteiger partial charge on any atom is 0.223 e. The summed E-state index contributed by atoms with van der Waals surface area (Å²) < 4.78 is 10.8. The number of likely N-dealkylation sites (tertiary alicyclic amines) is 1. The van der Waals surface area contributed by atoms with Gasteiger partial charge in [-0.1, -0.05) is 22.9 Å². The van der Waals surface area contributed by atoms with Crippen LogP contribution in [0.1, 0.15) is 30.1 Å². The van der Waals surface area contributed by atoms with E-state index in [9.17, 15) is 0 Å². The van der Waals surface area contributed by atoms with Gasteiger partial charge in [-0.25, -0.2) is 0 Å². The first-order valence-electron chi connectivity index (χ1n) is 8.63. The third kappa shape index (κ3) is 5.04. The van der Waals surface area contributed by atoms with E-state index in [-0.39, 0.29) is 0 Å². The first-order chi connectivity index (χ1) is 11.7. The van der Waals surface area contributed by atoms with Gasteiger partial charge in [0.25, 0.3) is 0 Å². The first-order valence-corrected chi connectivity index (χ1v) is 8.63. The molecular weight excluding hydrogens is 304 g/mol. The van der Waals surface area contributed by atoms with Crippen molar-refractivity contribution < 1.29 is 9.26 Å². The van der Waals surface area contributed by atoms with E-state index in [2.05, 4.69) is 39.4 Å². The molecule has 1 N–H and O–H groups in total. The maximum atomic E-state index is 5.77. The fourth-order valence-corrected chi connectivity index (χ4v) is 3.04. The molecule has 0 aliphatic carbocycles. The second kappa shape index (κ2) is 8.26. The number of nitrogens with one attached hydrogen (secondary N) is 1. The summed E-state index contributed by atoms with van der Waals surface area (Å²) in [5, 5.41) is 7.58. The second-order valence-corrected chi connectivity index (χ2v) is 6.42. The van der Waals surface area contributed by atoms with E-state index in [4.69, 9.17) is 9.26 Å². The van der Waals surface area contributed by atoms with Crippen LogP contribution in [0.15, 0.2) is 28.8 Å². The summed E-state index contributed by atoms with van der Waals surface area (Å²) in [6, 6.07) is 8.67. The van der Waals surface area contributed by atoms with E-state index in [0.29, 0.717) is 18.5 Å². The minimum atomic E-state index is 0.494. The van der Waals surface area contributed by atoms with Crippen molar-refractivity contribution in [2.45, 2.75) is 39.3 Å². The van der Waals surface area contributed by atoms with Crippen LogP contribution in [0.25, 0.3) is 0 Å². The van der Waals surface area contributed by atoms with Crippen molar-refractivity contribution in [3.63, 3.8) is 0 Å². The number of nitrogens with zero attached hydrogens (tertiary/aromatic N) is 3. The van der Waals surface area contributed by atoms with Gasteiger partial charge in [0, 0.05) is 26.1 Å². The Labute approximate surface area is 143 Å². The standard InChI is InChI=1S/C18H26N4O2/c1-14-5-7-17(8-6-14)23-11-9-19-16-4-3-10-22(12-16)13-18-20-15(2)24-21-18/h5-8,16,19H,3-4,9-13H2,1-2H3/t16-/m1/s1. The highest BCUT2D eigenvalue weighted by atomic mass is 16.5. The molecule has 0 spiro atoms. The number of aromatic nitrogens is 2. The lowest BCUT2D eigenvalue weighted by Crippen LogP contribution is -2.46. The summed E-state index contributed by atoms with van der Waals surface area (Å²) in [5.74, 6) is 2.33. The number of piperidine rings is 1. The van der Waals surface area contributed by atoms with Crippen LogP contribution < -0.4 is 10.1 Å². The fraction of sp³-hybridized carbons (Fsp3) is 0.556. The molecule has 1 aromatic carbocycles. The van der Waals surface area contributed by atoms with Crippen molar-refractivity contribution in [3.05, 3.63) is 41.5 Å². The Kier molecular flexibility index (Phi) is 5.82. The Morgan fingerprint density at radius 1 is 1.29 bits per heavy atom. The summed E-state index contributed by atoms with van der Waals surface area (Å²) in [5.41, 5.74) is 1.25. The monoisotopic (exact) mass is 330 g/mol. The zero-order valence-electron chi connectivity index (χ0n) is 14.5. The van der Waals surface area contributed by atoms with Crippen LogP contribution in [-0.4, -0.2) is 47.3 Å². The topological polar surface area (TPSA) is 63.4 Å². The minimum Gasteiger partial charge on any atom is -0.492 e. The Morgan fingerprint density at radius 2 is 2.12 bits per heavy atom. The van der Waals surface area contributed by atoms with Gasteiger partial charge < -0.3 is 14.6 Å². The van der Waals surface area contributed by atoms with Crippen molar-refractivity contribution in [2.24, 2.45) is 0 Å². The highest BCUT2D eigenvalue weighted by molar-refractivity contribution is 5.26. The van der Waals surface area contributed by atoms with E-state index in [1.165, 1.54) is 18.4 Å². The molecular formula is C18H26N4O2. The number of benzene rings is 1. The molecule has 6 heteroatoms. The van der Waals surface area contributed by atoms with Gasteiger partial charge >= 0.3 is 0 Å². The normalized spacial score (nSPS) is 18.7. The molecule has 3 rings (SSSR count). The van der Waals surface area contributed by atoms with E-state index in [1.54, 1.807) is 0 Å².